The van der Waals surface area contributed by atoms with E-state index >= 15 is 0 Å². The van der Waals surface area contributed by atoms with Crippen molar-refractivity contribution in [1.29, 1.82) is 0 Å². The zero-order chi connectivity index (χ0) is 20.5. The maximum Gasteiger partial charge on any atom is 0.410 e. The number of benzene rings is 2. The molecule has 29 heavy (non-hydrogen) atoms. The van der Waals surface area contributed by atoms with Crippen LogP contribution in [0.15, 0.2) is 60.7 Å². The monoisotopic (exact) mass is 393 g/mol. The minimum atomic E-state index is -0.522. The first-order chi connectivity index (χ1) is 13.9. The summed E-state index contributed by atoms with van der Waals surface area (Å²) in [5, 5.41) is 0. The third kappa shape index (κ3) is 4.18. The van der Waals surface area contributed by atoms with Crippen molar-refractivity contribution in [3.05, 3.63) is 71.8 Å². The van der Waals surface area contributed by atoms with Gasteiger partial charge in [-0.3, -0.25) is 4.90 Å². The summed E-state index contributed by atoms with van der Waals surface area (Å²) in [7, 11) is 0. The van der Waals surface area contributed by atoms with Gasteiger partial charge >= 0.3 is 6.09 Å². The molecule has 2 aromatic rings. The molecule has 0 bridgehead atoms. The highest BCUT2D eigenvalue weighted by Crippen LogP contribution is 2.51. The number of amides is 1. The van der Waals surface area contributed by atoms with Crippen molar-refractivity contribution < 1.29 is 14.3 Å². The van der Waals surface area contributed by atoms with E-state index in [1.165, 1.54) is 5.56 Å². The topological polar surface area (TPSA) is 38.8 Å². The number of hydrogen-bond donors (Lipinski definition) is 0. The number of ether oxygens (including phenoxy) is 2. The van der Waals surface area contributed by atoms with Gasteiger partial charge in [0, 0.05) is 12.5 Å². The Balaban J connectivity index is 1.68. The Morgan fingerprint density at radius 1 is 1.03 bits per heavy atom. The highest BCUT2D eigenvalue weighted by atomic mass is 16.6. The molecule has 1 amide bonds. The van der Waals surface area contributed by atoms with Crippen molar-refractivity contribution in [2.24, 2.45) is 0 Å². The molecule has 4 rings (SSSR count). The third-order valence-corrected chi connectivity index (χ3v) is 5.99. The van der Waals surface area contributed by atoms with E-state index in [-0.39, 0.29) is 17.7 Å². The van der Waals surface area contributed by atoms with Crippen LogP contribution in [0.2, 0.25) is 0 Å². The molecule has 2 aliphatic rings. The Kier molecular flexibility index (Phi) is 5.39. The lowest BCUT2D eigenvalue weighted by Gasteiger charge is -2.47. The molecule has 1 spiro atoms. The normalized spacial score (nSPS) is 27.2. The minimum Gasteiger partial charge on any atom is -0.444 e. The number of piperidine rings is 1. The molecule has 0 N–H and O–H groups in total. The zero-order valence-corrected chi connectivity index (χ0v) is 17.6. The second-order valence-electron chi connectivity index (χ2n) is 9.28. The van der Waals surface area contributed by atoms with Gasteiger partial charge in [-0.15, -0.1) is 0 Å². The Labute approximate surface area is 173 Å². The van der Waals surface area contributed by atoms with Crippen LogP contribution in [0.25, 0.3) is 0 Å². The maximum absolute atomic E-state index is 13.1. The minimum absolute atomic E-state index is 0.138. The highest BCUT2D eigenvalue weighted by molar-refractivity contribution is 5.69. The summed E-state index contributed by atoms with van der Waals surface area (Å²) >= 11 is 0. The fraction of sp³-hybridized carbons (Fsp3) is 0.480. The molecule has 2 saturated heterocycles. The standard InChI is InChI=1S/C25H31NO3/c1-24(2,3)29-23(27)26-16-10-15-25(22(26)20-13-8-5-9-14-20)17-21(18-28-25)19-11-6-4-7-12-19/h4-9,11-14,21-22H,10,15-18H2,1-3H3/t21-,22-,25+/m1/s1. The summed E-state index contributed by atoms with van der Waals surface area (Å²) in [6, 6.07) is 20.7. The van der Waals surface area contributed by atoms with E-state index in [1.807, 2.05) is 49.9 Å². The number of hydrogen-bond acceptors (Lipinski definition) is 3. The molecule has 0 aliphatic carbocycles. The van der Waals surface area contributed by atoms with Crippen LogP contribution in [0.1, 0.15) is 63.1 Å². The van der Waals surface area contributed by atoms with Crippen molar-refractivity contribution in [3.63, 3.8) is 0 Å². The smallest absolute Gasteiger partial charge is 0.410 e. The van der Waals surface area contributed by atoms with E-state index in [1.54, 1.807) is 0 Å². The van der Waals surface area contributed by atoms with Gasteiger partial charge in [-0.2, -0.15) is 0 Å². The molecule has 3 atom stereocenters. The van der Waals surface area contributed by atoms with Gasteiger partial charge in [0.25, 0.3) is 0 Å². The summed E-state index contributed by atoms with van der Waals surface area (Å²) < 4.78 is 12.4. The predicted molar refractivity (Wildman–Crippen MR) is 114 cm³/mol. The maximum atomic E-state index is 13.1. The van der Waals surface area contributed by atoms with Crippen molar-refractivity contribution in [3.8, 4) is 0 Å². The first-order valence-electron chi connectivity index (χ1n) is 10.6. The second kappa shape index (κ2) is 7.83. The molecule has 2 aliphatic heterocycles. The molecule has 154 valence electrons. The molecule has 2 aromatic carbocycles. The Morgan fingerprint density at radius 3 is 2.28 bits per heavy atom. The average molecular weight is 394 g/mol. The van der Waals surface area contributed by atoms with Crippen LogP contribution < -0.4 is 0 Å². The van der Waals surface area contributed by atoms with Gasteiger partial charge in [0.05, 0.1) is 18.2 Å². The van der Waals surface area contributed by atoms with Crippen LogP contribution in [-0.2, 0) is 9.47 Å². The molecule has 0 aromatic heterocycles. The van der Waals surface area contributed by atoms with Gasteiger partial charge < -0.3 is 9.47 Å². The number of carbonyl (C=O) groups is 1. The molecule has 0 unspecified atom stereocenters. The molecule has 4 nitrogen and oxygen atoms in total. The van der Waals surface area contributed by atoms with Gasteiger partial charge in [0.1, 0.15) is 5.60 Å². The quantitative estimate of drug-likeness (QED) is 0.657. The second-order valence-corrected chi connectivity index (χ2v) is 9.28. The van der Waals surface area contributed by atoms with Gasteiger partial charge in [-0.1, -0.05) is 60.7 Å². The Morgan fingerprint density at radius 2 is 1.66 bits per heavy atom. The van der Waals surface area contributed by atoms with Crippen LogP contribution in [0.4, 0.5) is 4.79 Å². The Hall–Kier alpha value is -2.33. The molecule has 4 heteroatoms. The largest absolute Gasteiger partial charge is 0.444 e. The summed E-state index contributed by atoms with van der Waals surface area (Å²) in [5.74, 6) is 0.348. The van der Waals surface area contributed by atoms with Gasteiger partial charge in [-0.25, -0.2) is 4.79 Å². The van der Waals surface area contributed by atoms with E-state index in [9.17, 15) is 4.79 Å². The lowest BCUT2D eigenvalue weighted by Crippen LogP contribution is -2.53. The first kappa shape index (κ1) is 20.0. The first-order valence-corrected chi connectivity index (χ1v) is 10.6. The average Bonchev–Trinajstić information content (AvgIpc) is 3.12. The van der Waals surface area contributed by atoms with Crippen LogP contribution >= 0.6 is 0 Å². The summed E-state index contributed by atoms with van der Waals surface area (Å²) in [6.07, 6.45) is 2.53. The molecular formula is C25H31NO3. The fourth-order valence-electron chi connectivity index (χ4n) is 4.84. The highest BCUT2D eigenvalue weighted by Gasteiger charge is 2.53. The molecule has 2 heterocycles. The van der Waals surface area contributed by atoms with Crippen molar-refractivity contribution in [2.75, 3.05) is 13.2 Å². The van der Waals surface area contributed by atoms with E-state index in [2.05, 4.69) is 36.4 Å². The van der Waals surface area contributed by atoms with Crippen LogP contribution in [-0.4, -0.2) is 35.3 Å². The predicted octanol–water partition coefficient (Wildman–Crippen LogP) is 5.70. The lowest BCUT2D eigenvalue weighted by molar-refractivity contribution is -0.0981. The van der Waals surface area contributed by atoms with Crippen molar-refractivity contribution >= 4 is 6.09 Å². The van der Waals surface area contributed by atoms with Gasteiger partial charge in [-0.05, 0) is 51.2 Å². The van der Waals surface area contributed by atoms with Gasteiger partial charge in [0.2, 0.25) is 0 Å². The lowest BCUT2D eigenvalue weighted by atomic mass is 9.76. The number of rotatable bonds is 2. The van der Waals surface area contributed by atoms with Crippen molar-refractivity contribution in [2.45, 2.75) is 63.2 Å². The zero-order valence-electron chi connectivity index (χ0n) is 17.6. The SMILES string of the molecule is CC(C)(C)OC(=O)N1CCC[C@]2(C[C@@H](c3ccccc3)CO2)[C@H]1c1ccccc1. The number of likely N-dealkylation sites (tertiary alicyclic amines) is 1. The fourth-order valence-corrected chi connectivity index (χ4v) is 4.84. The molecular weight excluding hydrogens is 362 g/mol. The van der Waals surface area contributed by atoms with E-state index in [0.29, 0.717) is 19.1 Å². The summed E-state index contributed by atoms with van der Waals surface area (Å²) in [6.45, 7) is 7.13. The molecule has 0 saturated carbocycles. The van der Waals surface area contributed by atoms with E-state index in [0.717, 1.165) is 24.8 Å². The van der Waals surface area contributed by atoms with E-state index < -0.39 is 5.60 Å². The summed E-state index contributed by atoms with van der Waals surface area (Å²) in [5.41, 5.74) is 1.53. The van der Waals surface area contributed by atoms with Crippen molar-refractivity contribution in [1.82, 2.24) is 4.90 Å². The third-order valence-electron chi connectivity index (χ3n) is 5.99. The Bertz CT molecular complexity index is 830. The van der Waals surface area contributed by atoms with Crippen LogP contribution in [0.5, 0.6) is 0 Å². The van der Waals surface area contributed by atoms with Crippen LogP contribution in [0.3, 0.4) is 0 Å². The molecule has 2 fully saturated rings. The molecule has 0 radical (unpaired) electrons. The summed E-state index contributed by atoms with van der Waals surface area (Å²) in [4.78, 5) is 15.0. The van der Waals surface area contributed by atoms with E-state index in [4.69, 9.17) is 9.47 Å². The number of carbonyl (C=O) groups excluding carboxylic acids is 1. The van der Waals surface area contributed by atoms with Crippen LogP contribution in [0, 0.1) is 0 Å². The van der Waals surface area contributed by atoms with Gasteiger partial charge in [0.15, 0.2) is 0 Å². The number of nitrogens with zero attached hydrogens (tertiary/aromatic N) is 1.